The van der Waals surface area contributed by atoms with Crippen LogP contribution in [0.2, 0.25) is 0 Å². The first kappa shape index (κ1) is 19.9. The number of urea groups is 1. The summed E-state index contributed by atoms with van der Waals surface area (Å²) in [5, 5.41) is 11.1. The third kappa shape index (κ3) is 5.17. The zero-order valence-corrected chi connectivity index (χ0v) is 17.7. The van der Waals surface area contributed by atoms with Crippen LogP contribution >= 0.6 is 11.3 Å². The number of amides is 2. The maximum atomic E-state index is 12.5. The molecule has 2 atom stereocenters. The molecule has 3 N–H and O–H groups in total. The van der Waals surface area contributed by atoms with Gasteiger partial charge in [-0.2, -0.15) is 0 Å². The largest absolute Gasteiger partial charge is 0.337 e. The van der Waals surface area contributed by atoms with Crippen molar-refractivity contribution in [2.75, 3.05) is 6.54 Å². The molecule has 0 fully saturated rings. The van der Waals surface area contributed by atoms with Crippen LogP contribution in [0.3, 0.4) is 0 Å². The number of fused-ring (bicyclic) bond motifs is 2. The van der Waals surface area contributed by atoms with Crippen molar-refractivity contribution >= 4 is 27.5 Å². The van der Waals surface area contributed by atoms with Crippen LogP contribution in [0.25, 0.3) is 10.1 Å². The van der Waals surface area contributed by atoms with Crippen LogP contribution in [-0.4, -0.2) is 24.7 Å². The van der Waals surface area contributed by atoms with E-state index >= 15 is 0 Å². The highest BCUT2D eigenvalue weighted by Crippen LogP contribution is 2.26. The number of carbonyl (C=O) groups is 1. The van der Waals surface area contributed by atoms with Crippen molar-refractivity contribution in [3.63, 3.8) is 0 Å². The Kier molecular flexibility index (Phi) is 6.47. The average molecular weight is 408 g/mol. The number of hydrogen-bond donors (Lipinski definition) is 3. The molecule has 1 aliphatic heterocycles. The number of hydrogen-bond acceptors (Lipinski definition) is 3. The lowest BCUT2D eigenvalue weighted by Crippen LogP contribution is -2.49. The number of thiophene rings is 1. The molecule has 0 spiro atoms. The summed E-state index contributed by atoms with van der Waals surface area (Å²) in [5.74, 6) is 0. The molecule has 29 heavy (non-hydrogen) atoms. The minimum absolute atomic E-state index is 0.0646. The SMILES string of the molecule is CCC[C@@H](Cc1cc2ccccc2s1)NC(=O)NC[C@@H]1Cc2ccccc2CN1. The Balaban J connectivity index is 1.29. The molecular formula is C24H29N3OS. The molecule has 2 amide bonds. The Hall–Kier alpha value is -2.37. The number of carbonyl (C=O) groups excluding carboxylic acids is 1. The maximum absolute atomic E-state index is 12.5. The van der Waals surface area contributed by atoms with E-state index in [9.17, 15) is 4.79 Å². The van der Waals surface area contributed by atoms with E-state index in [1.807, 2.05) is 11.3 Å². The van der Waals surface area contributed by atoms with Gasteiger partial charge in [-0.3, -0.25) is 0 Å². The summed E-state index contributed by atoms with van der Waals surface area (Å²) in [6.07, 6.45) is 3.87. The van der Waals surface area contributed by atoms with Gasteiger partial charge in [0.25, 0.3) is 0 Å². The normalized spacial score (nSPS) is 16.9. The van der Waals surface area contributed by atoms with Gasteiger partial charge in [0.1, 0.15) is 0 Å². The van der Waals surface area contributed by atoms with Gasteiger partial charge in [-0.1, -0.05) is 55.8 Å². The second-order valence-corrected chi connectivity index (χ2v) is 9.01. The van der Waals surface area contributed by atoms with E-state index < -0.39 is 0 Å². The lowest BCUT2D eigenvalue weighted by Gasteiger charge is -2.27. The Morgan fingerprint density at radius 2 is 1.97 bits per heavy atom. The van der Waals surface area contributed by atoms with Crippen molar-refractivity contribution in [3.8, 4) is 0 Å². The van der Waals surface area contributed by atoms with Crippen molar-refractivity contribution in [1.82, 2.24) is 16.0 Å². The molecular weight excluding hydrogens is 378 g/mol. The lowest BCUT2D eigenvalue weighted by atomic mass is 9.96. The fourth-order valence-corrected chi connectivity index (χ4v) is 5.22. The third-order valence-electron chi connectivity index (χ3n) is 5.57. The van der Waals surface area contributed by atoms with Gasteiger partial charge in [0.2, 0.25) is 0 Å². The lowest BCUT2D eigenvalue weighted by molar-refractivity contribution is 0.234. The topological polar surface area (TPSA) is 53.2 Å². The Labute approximate surface area is 176 Å². The summed E-state index contributed by atoms with van der Waals surface area (Å²) in [4.78, 5) is 13.9. The summed E-state index contributed by atoms with van der Waals surface area (Å²) < 4.78 is 1.31. The number of nitrogens with one attached hydrogen (secondary N) is 3. The highest BCUT2D eigenvalue weighted by atomic mass is 32.1. The van der Waals surface area contributed by atoms with Crippen LogP contribution in [-0.2, 0) is 19.4 Å². The molecule has 0 aliphatic carbocycles. The highest BCUT2D eigenvalue weighted by molar-refractivity contribution is 7.19. The van der Waals surface area contributed by atoms with Gasteiger partial charge in [0.05, 0.1) is 0 Å². The van der Waals surface area contributed by atoms with E-state index in [4.69, 9.17) is 0 Å². The molecule has 0 unspecified atom stereocenters. The van der Waals surface area contributed by atoms with E-state index in [1.165, 1.54) is 26.1 Å². The molecule has 0 saturated heterocycles. The van der Waals surface area contributed by atoms with Crippen molar-refractivity contribution in [3.05, 3.63) is 70.6 Å². The van der Waals surface area contributed by atoms with Crippen LogP contribution in [0.1, 0.15) is 35.8 Å². The molecule has 0 bridgehead atoms. The molecule has 5 heteroatoms. The molecule has 0 radical (unpaired) electrons. The fraction of sp³-hybridized carbons (Fsp3) is 0.375. The zero-order chi connectivity index (χ0) is 20.1. The third-order valence-corrected chi connectivity index (χ3v) is 6.71. The highest BCUT2D eigenvalue weighted by Gasteiger charge is 2.19. The molecule has 152 valence electrons. The van der Waals surface area contributed by atoms with Gasteiger partial charge < -0.3 is 16.0 Å². The molecule has 1 aromatic heterocycles. The van der Waals surface area contributed by atoms with Crippen LogP contribution in [0.5, 0.6) is 0 Å². The van der Waals surface area contributed by atoms with Gasteiger partial charge in [-0.25, -0.2) is 4.79 Å². The van der Waals surface area contributed by atoms with Crippen LogP contribution in [0.15, 0.2) is 54.6 Å². The predicted molar refractivity (Wildman–Crippen MR) is 122 cm³/mol. The van der Waals surface area contributed by atoms with E-state index in [0.717, 1.165) is 32.2 Å². The van der Waals surface area contributed by atoms with E-state index in [2.05, 4.69) is 77.5 Å². The van der Waals surface area contributed by atoms with Crippen molar-refractivity contribution in [2.45, 2.75) is 51.2 Å². The second-order valence-electron chi connectivity index (χ2n) is 7.85. The first-order valence-electron chi connectivity index (χ1n) is 10.5. The Morgan fingerprint density at radius 1 is 1.17 bits per heavy atom. The van der Waals surface area contributed by atoms with Gasteiger partial charge >= 0.3 is 6.03 Å². The van der Waals surface area contributed by atoms with Gasteiger partial charge in [-0.05, 0) is 41.5 Å². The first-order chi connectivity index (χ1) is 14.2. The van der Waals surface area contributed by atoms with E-state index in [-0.39, 0.29) is 18.1 Å². The maximum Gasteiger partial charge on any atom is 0.315 e. The monoisotopic (exact) mass is 407 g/mol. The summed E-state index contributed by atoms with van der Waals surface area (Å²) in [7, 11) is 0. The summed E-state index contributed by atoms with van der Waals surface area (Å²) in [5.41, 5.74) is 2.74. The van der Waals surface area contributed by atoms with E-state index in [0.29, 0.717) is 6.54 Å². The molecule has 1 aliphatic rings. The van der Waals surface area contributed by atoms with Crippen molar-refractivity contribution < 1.29 is 4.79 Å². The number of rotatable bonds is 7. The summed E-state index contributed by atoms with van der Waals surface area (Å²) in [6, 6.07) is 19.6. The molecule has 4 nitrogen and oxygen atoms in total. The summed E-state index contributed by atoms with van der Waals surface area (Å²) in [6.45, 7) is 3.68. The quantitative estimate of drug-likeness (QED) is 0.535. The fourth-order valence-electron chi connectivity index (χ4n) is 4.07. The first-order valence-corrected chi connectivity index (χ1v) is 11.3. The Morgan fingerprint density at radius 3 is 2.79 bits per heavy atom. The minimum Gasteiger partial charge on any atom is -0.337 e. The minimum atomic E-state index is -0.0646. The molecule has 2 heterocycles. The molecule has 4 rings (SSSR count). The van der Waals surface area contributed by atoms with Gasteiger partial charge in [-0.15, -0.1) is 11.3 Å². The van der Waals surface area contributed by atoms with Gasteiger partial charge in [0, 0.05) is 41.2 Å². The summed E-state index contributed by atoms with van der Waals surface area (Å²) >= 11 is 1.83. The predicted octanol–water partition coefficient (Wildman–Crippen LogP) is 4.63. The second kappa shape index (κ2) is 9.42. The average Bonchev–Trinajstić information content (AvgIpc) is 3.14. The van der Waals surface area contributed by atoms with Gasteiger partial charge in [0.15, 0.2) is 0 Å². The molecule has 2 aromatic carbocycles. The van der Waals surface area contributed by atoms with Crippen molar-refractivity contribution in [2.24, 2.45) is 0 Å². The van der Waals surface area contributed by atoms with Crippen LogP contribution in [0, 0.1) is 0 Å². The molecule has 0 saturated carbocycles. The standard InChI is InChI=1S/C24H29N3OS/c1-2-7-20(14-22-13-18-9-5-6-11-23(18)29-22)27-24(28)26-16-21-12-17-8-3-4-10-19(17)15-25-21/h3-6,8-11,13,20-21,25H,2,7,12,14-16H2,1H3,(H2,26,27,28)/t20-,21-/m0/s1. The van der Waals surface area contributed by atoms with Crippen LogP contribution in [0.4, 0.5) is 4.79 Å². The zero-order valence-electron chi connectivity index (χ0n) is 16.9. The Bertz CT molecular complexity index is 934. The van der Waals surface area contributed by atoms with Crippen molar-refractivity contribution in [1.29, 1.82) is 0 Å². The molecule has 3 aromatic rings. The van der Waals surface area contributed by atoms with Crippen LogP contribution < -0.4 is 16.0 Å². The number of benzene rings is 2. The van der Waals surface area contributed by atoms with E-state index in [1.54, 1.807) is 0 Å². The smallest absolute Gasteiger partial charge is 0.315 e.